The van der Waals surface area contributed by atoms with Gasteiger partial charge >= 0.3 is 0 Å². The van der Waals surface area contributed by atoms with Crippen LogP contribution in [-0.2, 0) is 0 Å². The second-order valence-electron chi connectivity index (χ2n) is 4.49. The highest BCUT2D eigenvalue weighted by atomic mass is 16.5. The first kappa shape index (κ1) is 11.8. The lowest BCUT2D eigenvalue weighted by molar-refractivity contribution is 0.354. The smallest absolute Gasteiger partial charge is 0.161 e. The van der Waals surface area contributed by atoms with Gasteiger partial charge in [-0.1, -0.05) is 12.1 Å². The fraction of sp³-hybridized carbons (Fsp3) is 0.267. The molecule has 0 spiro atoms. The Morgan fingerprint density at radius 3 is 2.79 bits per heavy atom. The van der Waals surface area contributed by atoms with E-state index in [0.29, 0.717) is 5.92 Å². The van der Waals surface area contributed by atoms with Crippen molar-refractivity contribution in [2.24, 2.45) is 0 Å². The van der Waals surface area contributed by atoms with Crippen LogP contribution in [0.3, 0.4) is 0 Å². The van der Waals surface area contributed by atoms with E-state index in [1.807, 2.05) is 24.4 Å². The highest BCUT2D eigenvalue weighted by Gasteiger charge is 2.25. The molecule has 1 aromatic carbocycles. The molecule has 1 aliphatic heterocycles. The van der Waals surface area contributed by atoms with E-state index in [4.69, 9.17) is 9.47 Å². The van der Waals surface area contributed by atoms with E-state index in [1.54, 1.807) is 14.2 Å². The average Bonchev–Trinajstić information content (AvgIpc) is 2.90. The zero-order valence-electron chi connectivity index (χ0n) is 11.0. The molecule has 0 saturated carbocycles. The summed E-state index contributed by atoms with van der Waals surface area (Å²) in [7, 11) is 3.30. The molecular weight excluding hydrogens is 240 g/mol. The van der Waals surface area contributed by atoms with Crippen LogP contribution in [0.25, 0.3) is 0 Å². The maximum absolute atomic E-state index is 5.36. The summed E-state index contributed by atoms with van der Waals surface area (Å²) in [6.45, 7) is 0.863. The predicted molar refractivity (Wildman–Crippen MR) is 74.1 cm³/mol. The molecule has 0 aliphatic carbocycles. The molecule has 98 valence electrons. The molecule has 0 bridgehead atoms. The molecule has 4 nitrogen and oxygen atoms in total. The lowest BCUT2D eigenvalue weighted by Gasteiger charge is -2.14. The number of hydrogen-bond acceptors (Lipinski definition) is 4. The number of aromatic nitrogens is 1. The summed E-state index contributed by atoms with van der Waals surface area (Å²) in [5.41, 5.74) is 2.44. The Bertz CT molecular complexity index is 598. The molecule has 0 saturated heterocycles. The first-order valence-electron chi connectivity index (χ1n) is 6.24. The normalized spacial score (nSPS) is 16.6. The second-order valence-corrected chi connectivity index (χ2v) is 4.49. The average molecular weight is 256 g/mol. The van der Waals surface area contributed by atoms with Crippen molar-refractivity contribution in [2.45, 2.75) is 5.92 Å². The zero-order chi connectivity index (χ0) is 13.2. The molecule has 0 amide bonds. The lowest BCUT2D eigenvalue weighted by Crippen LogP contribution is -2.04. The zero-order valence-corrected chi connectivity index (χ0v) is 11.0. The third-order valence-electron chi connectivity index (χ3n) is 3.50. The van der Waals surface area contributed by atoms with E-state index in [9.17, 15) is 0 Å². The van der Waals surface area contributed by atoms with Gasteiger partial charge in [0.1, 0.15) is 5.82 Å². The van der Waals surface area contributed by atoms with Crippen LogP contribution in [0.2, 0.25) is 0 Å². The minimum atomic E-state index is 0.309. The summed E-state index contributed by atoms with van der Waals surface area (Å²) in [5, 5.41) is 3.33. The molecule has 2 aromatic rings. The molecule has 1 aliphatic rings. The van der Waals surface area contributed by atoms with E-state index >= 15 is 0 Å². The van der Waals surface area contributed by atoms with Crippen molar-refractivity contribution in [3.05, 3.63) is 47.7 Å². The van der Waals surface area contributed by atoms with Gasteiger partial charge in [0.15, 0.2) is 11.5 Å². The molecule has 1 unspecified atom stereocenters. The maximum atomic E-state index is 5.36. The molecule has 19 heavy (non-hydrogen) atoms. The van der Waals surface area contributed by atoms with Gasteiger partial charge in [0.05, 0.1) is 14.2 Å². The minimum Gasteiger partial charge on any atom is -0.493 e. The van der Waals surface area contributed by atoms with Gasteiger partial charge in [0.2, 0.25) is 0 Å². The van der Waals surface area contributed by atoms with Crippen LogP contribution in [0.1, 0.15) is 17.0 Å². The van der Waals surface area contributed by atoms with Crippen molar-refractivity contribution < 1.29 is 9.47 Å². The molecule has 1 aromatic heterocycles. The van der Waals surface area contributed by atoms with Gasteiger partial charge in [-0.3, -0.25) is 0 Å². The van der Waals surface area contributed by atoms with Gasteiger partial charge in [-0.2, -0.15) is 0 Å². The van der Waals surface area contributed by atoms with Crippen LogP contribution in [0.15, 0.2) is 36.5 Å². The summed E-state index contributed by atoms with van der Waals surface area (Å²) in [6.07, 6.45) is 1.81. The van der Waals surface area contributed by atoms with Crippen molar-refractivity contribution in [1.82, 2.24) is 4.98 Å². The van der Waals surface area contributed by atoms with Crippen molar-refractivity contribution >= 4 is 5.82 Å². The summed E-state index contributed by atoms with van der Waals surface area (Å²) in [5.74, 6) is 2.80. The number of hydrogen-bond donors (Lipinski definition) is 1. The standard InChI is InChI=1S/C15H16N2O2/c1-18-13-6-5-10(8-14(13)19-2)12-9-17-15-11(12)4-3-7-16-15/h3-8,12H,9H2,1-2H3,(H,16,17). The van der Waals surface area contributed by atoms with E-state index in [-0.39, 0.29) is 0 Å². The lowest BCUT2D eigenvalue weighted by atomic mass is 9.94. The van der Waals surface area contributed by atoms with Crippen molar-refractivity contribution in [1.29, 1.82) is 0 Å². The predicted octanol–water partition coefficient (Wildman–Crippen LogP) is 2.66. The largest absolute Gasteiger partial charge is 0.493 e. The first-order valence-corrected chi connectivity index (χ1v) is 6.24. The molecule has 4 heteroatoms. The number of benzene rings is 1. The van der Waals surface area contributed by atoms with Crippen molar-refractivity contribution in [3.8, 4) is 11.5 Å². The number of pyridine rings is 1. The van der Waals surface area contributed by atoms with E-state index in [1.165, 1.54) is 11.1 Å². The molecular formula is C15H16N2O2. The Morgan fingerprint density at radius 2 is 2.00 bits per heavy atom. The summed E-state index contributed by atoms with van der Waals surface area (Å²) in [6, 6.07) is 10.1. The monoisotopic (exact) mass is 256 g/mol. The Morgan fingerprint density at radius 1 is 1.16 bits per heavy atom. The van der Waals surface area contributed by atoms with Crippen molar-refractivity contribution in [2.75, 3.05) is 26.1 Å². The second kappa shape index (κ2) is 4.80. The first-order chi connectivity index (χ1) is 9.33. The van der Waals surface area contributed by atoms with Crippen LogP contribution in [0.5, 0.6) is 11.5 Å². The number of nitrogens with zero attached hydrogens (tertiary/aromatic N) is 1. The van der Waals surface area contributed by atoms with Crippen LogP contribution in [0, 0.1) is 0 Å². The van der Waals surface area contributed by atoms with Crippen LogP contribution in [-0.4, -0.2) is 25.7 Å². The molecule has 2 heterocycles. The van der Waals surface area contributed by atoms with E-state index in [2.05, 4.69) is 22.4 Å². The fourth-order valence-corrected chi connectivity index (χ4v) is 2.52. The number of ether oxygens (including phenoxy) is 2. The van der Waals surface area contributed by atoms with Gasteiger partial charge in [-0.05, 0) is 23.8 Å². The van der Waals surface area contributed by atoms with Gasteiger partial charge < -0.3 is 14.8 Å². The Kier molecular flexibility index (Phi) is 2.99. The minimum absolute atomic E-state index is 0.309. The Labute approximate surface area is 112 Å². The van der Waals surface area contributed by atoms with Crippen molar-refractivity contribution in [3.63, 3.8) is 0 Å². The van der Waals surface area contributed by atoms with E-state index in [0.717, 1.165) is 23.9 Å². The number of anilines is 1. The molecule has 0 fully saturated rings. The van der Waals surface area contributed by atoms with Gasteiger partial charge in [0, 0.05) is 24.2 Å². The van der Waals surface area contributed by atoms with Crippen LogP contribution < -0.4 is 14.8 Å². The Balaban J connectivity index is 2.00. The van der Waals surface area contributed by atoms with Gasteiger partial charge in [-0.15, -0.1) is 0 Å². The topological polar surface area (TPSA) is 43.4 Å². The molecule has 1 atom stereocenters. The summed E-state index contributed by atoms with van der Waals surface area (Å²) >= 11 is 0. The number of methoxy groups -OCH3 is 2. The molecule has 0 radical (unpaired) electrons. The quantitative estimate of drug-likeness (QED) is 0.917. The number of rotatable bonds is 3. The fourth-order valence-electron chi connectivity index (χ4n) is 2.52. The number of fused-ring (bicyclic) bond motifs is 1. The number of nitrogens with one attached hydrogen (secondary N) is 1. The maximum Gasteiger partial charge on any atom is 0.161 e. The van der Waals surface area contributed by atoms with E-state index < -0.39 is 0 Å². The third-order valence-corrected chi connectivity index (χ3v) is 3.50. The highest BCUT2D eigenvalue weighted by molar-refractivity contribution is 5.57. The molecule has 1 N–H and O–H groups in total. The Hall–Kier alpha value is -2.23. The summed E-state index contributed by atoms with van der Waals surface area (Å²) < 4.78 is 10.6. The highest BCUT2D eigenvalue weighted by Crippen LogP contribution is 2.38. The van der Waals surface area contributed by atoms with Gasteiger partial charge in [-0.25, -0.2) is 4.98 Å². The van der Waals surface area contributed by atoms with Gasteiger partial charge in [0.25, 0.3) is 0 Å². The van der Waals surface area contributed by atoms with Crippen LogP contribution in [0.4, 0.5) is 5.82 Å². The SMILES string of the molecule is COc1ccc(C2CNc3ncccc32)cc1OC. The summed E-state index contributed by atoms with van der Waals surface area (Å²) in [4.78, 5) is 4.34. The molecule has 3 rings (SSSR count). The van der Waals surface area contributed by atoms with Crippen LogP contribution >= 0.6 is 0 Å². The third kappa shape index (κ3) is 1.99.